The first-order valence-electron chi connectivity index (χ1n) is 7.72. The van der Waals surface area contributed by atoms with Gasteiger partial charge in [-0.1, -0.05) is 18.2 Å². The molecule has 0 aromatic heterocycles. The van der Waals surface area contributed by atoms with Crippen LogP contribution in [-0.2, 0) is 6.18 Å². The number of halogens is 4. The molecule has 0 unspecified atom stereocenters. The van der Waals surface area contributed by atoms with Crippen LogP contribution >= 0.6 is 0 Å². The third-order valence-corrected chi connectivity index (χ3v) is 3.77. The molecule has 3 aromatic carbocycles. The van der Waals surface area contributed by atoms with Gasteiger partial charge < -0.3 is 9.84 Å². The molecule has 0 aliphatic carbocycles. The Balaban J connectivity index is 1.99. The van der Waals surface area contributed by atoms with Crippen molar-refractivity contribution in [1.29, 1.82) is 0 Å². The maximum atomic E-state index is 13.0. The Morgan fingerprint density at radius 2 is 1.56 bits per heavy atom. The molecular weight excluding hydrogens is 364 g/mol. The van der Waals surface area contributed by atoms with Gasteiger partial charge >= 0.3 is 12.1 Å². The molecule has 0 atom stereocenters. The fourth-order valence-corrected chi connectivity index (χ4v) is 2.47. The van der Waals surface area contributed by atoms with E-state index in [0.717, 1.165) is 24.3 Å². The zero-order chi connectivity index (χ0) is 19.6. The number of ether oxygens (including phenoxy) is 1. The second kappa shape index (κ2) is 7.11. The smallest absolute Gasteiger partial charge is 0.416 e. The van der Waals surface area contributed by atoms with Gasteiger partial charge in [-0.25, -0.2) is 9.18 Å². The molecule has 0 spiro atoms. The van der Waals surface area contributed by atoms with Crippen molar-refractivity contribution < 1.29 is 32.2 Å². The van der Waals surface area contributed by atoms with Gasteiger partial charge in [0.2, 0.25) is 0 Å². The molecule has 0 bridgehead atoms. The summed E-state index contributed by atoms with van der Waals surface area (Å²) in [5.41, 5.74) is -0.539. The second-order valence-corrected chi connectivity index (χ2v) is 5.65. The Hall–Kier alpha value is -3.35. The summed E-state index contributed by atoms with van der Waals surface area (Å²) in [7, 11) is 0. The maximum absolute atomic E-state index is 13.0. The molecule has 0 amide bonds. The van der Waals surface area contributed by atoms with Gasteiger partial charge in [0.25, 0.3) is 0 Å². The standard InChI is InChI=1S/C20H12F4O3/c21-15-5-7-16(8-6-15)27-18-9-4-13(11-17(18)19(25)26)12-2-1-3-14(10-12)20(22,23)24/h1-11H,(H,25,26). The lowest BCUT2D eigenvalue weighted by atomic mass is 10.0. The zero-order valence-electron chi connectivity index (χ0n) is 13.6. The summed E-state index contributed by atoms with van der Waals surface area (Å²) in [6, 6.07) is 13.6. The zero-order valence-corrected chi connectivity index (χ0v) is 13.6. The molecule has 0 saturated carbocycles. The number of carboxylic acids is 1. The van der Waals surface area contributed by atoms with Gasteiger partial charge in [-0.15, -0.1) is 0 Å². The van der Waals surface area contributed by atoms with Gasteiger partial charge in [0.05, 0.1) is 5.56 Å². The van der Waals surface area contributed by atoms with Crippen LogP contribution in [0.5, 0.6) is 11.5 Å². The highest BCUT2D eigenvalue weighted by molar-refractivity contribution is 5.93. The number of hydrogen-bond acceptors (Lipinski definition) is 2. The quantitative estimate of drug-likeness (QED) is 0.568. The van der Waals surface area contributed by atoms with E-state index in [2.05, 4.69) is 0 Å². The Morgan fingerprint density at radius 1 is 0.889 bits per heavy atom. The van der Waals surface area contributed by atoms with Crippen molar-refractivity contribution in [2.45, 2.75) is 6.18 Å². The Labute approximate surface area is 151 Å². The molecule has 0 saturated heterocycles. The number of alkyl halides is 3. The van der Waals surface area contributed by atoms with Gasteiger partial charge in [0, 0.05) is 0 Å². The van der Waals surface area contributed by atoms with Gasteiger partial charge in [-0.2, -0.15) is 13.2 Å². The third-order valence-electron chi connectivity index (χ3n) is 3.77. The van der Waals surface area contributed by atoms with Crippen molar-refractivity contribution in [3.05, 3.63) is 83.7 Å². The molecule has 0 aliphatic heterocycles. The molecule has 0 aliphatic rings. The summed E-state index contributed by atoms with van der Waals surface area (Å²) in [5.74, 6) is -1.56. The van der Waals surface area contributed by atoms with E-state index in [4.69, 9.17) is 4.74 Å². The van der Waals surface area contributed by atoms with Gasteiger partial charge in [0.1, 0.15) is 22.9 Å². The molecule has 7 heteroatoms. The van der Waals surface area contributed by atoms with Crippen LogP contribution in [0.2, 0.25) is 0 Å². The van der Waals surface area contributed by atoms with Crippen LogP contribution < -0.4 is 4.74 Å². The molecule has 0 heterocycles. The van der Waals surface area contributed by atoms with Gasteiger partial charge in [-0.3, -0.25) is 0 Å². The normalized spacial score (nSPS) is 11.3. The average Bonchev–Trinajstić information content (AvgIpc) is 2.63. The minimum atomic E-state index is -4.50. The highest BCUT2D eigenvalue weighted by Gasteiger charge is 2.30. The van der Waals surface area contributed by atoms with Crippen LogP contribution in [-0.4, -0.2) is 11.1 Å². The molecule has 0 fully saturated rings. The number of rotatable bonds is 4. The van der Waals surface area contributed by atoms with Crippen molar-refractivity contribution in [3.8, 4) is 22.6 Å². The van der Waals surface area contributed by atoms with E-state index in [1.807, 2.05) is 0 Å². The molecular formula is C20H12F4O3. The molecule has 3 aromatic rings. The molecule has 3 nitrogen and oxygen atoms in total. The fraction of sp³-hybridized carbons (Fsp3) is 0.0500. The molecule has 0 radical (unpaired) electrons. The van der Waals surface area contributed by atoms with Crippen molar-refractivity contribution in [2.75, 3.05) is 0 Å². The highest BCUT2D eigenvalue weighted by Crippen LogP contribution is 2.34. The largest absolute Gasteiger partial charge is 0.478 e. The summed E-state index contributed by atoms with van der Waals surface area (Å²) >= 11 is 0. The first kappa shape index (κ1) is 18.4. The first-order valence-corrected chi connectivity index (χ1v) is 7.72. The van der Waals surface area contributed by atoms with Crippen LogP contribution in [0.25, 0.3) is 11.1 Å². The van der Waals surface area contributed by atoms with Crippen LogP contribution in [0.1, 0.15) is 15.9 Å². The van der Waals surface area contributed by atoms with E-state index in [1.165, 1.54) is 42.5 Å². The van der Waals surface area contributed by atoms with Crippen LogP contribution in [0, 0.1) is 5.82 Å². The topological polar surface area (TPSA) is 46.5 Å². The number of benzene rings is 3. The lowest BCUT2D eigenvalue weighted by Gasteiger charge is -2.12. The predicted molar refractivity (Wildman–Crippen MR) is 90.3 cm³/mol. The average molecular weight is 376 g/mol. The number of hydrogen-bond donors (Lipinski definition) is 1. The number of carboxylic acid groups (broad SMARTS) is 1. The molecule has 1 N–H and O–H groups in total. The van der Waals surface area contributed by atoms with Crippen LogP contribution in [0.4, 0.5) is 17.6 Å². The van der Waals surface area contributed by atoms with Crippen molar-refractivity contribution in [2.24, 2.45) is 0 Å². The van der Waals surface area contributed by atoms with E-state index in [1.54, 1.807) is 0 Å². The summed E-state index contributed by atoms with van der Waals surface area (Å²) in [6.45, 7) is 0. The van der Waals surface area contributed by atoms with E-state index >= 15 is 0 Å². The Morgan fingerprint density at radius 3 is 2.19 bits per heavy atom. The van der Waals surface area contributed by atoms with E-state index in [9.17, 15) is 27.5 Å². The minimum Gasteiger partial charge on any atom is -0.478 e. The van der Waals surface area contributed by atoms with Crippen LogP contribution in [0.15, 0.2) is 66.7 Å². The number of aromatic carboxylic acids is 1. The second-order valence-electron chi connectivity index (χ2n) is 5.65. The highest BCUT2D eigenvalue weighted by atomic mass is 19.4. The van der Waals surface area contributed by atoms with Crippen molar-refractivity contribution >= 4 is 5.97 Å². The minimum absolute atomic E-state index is 0.00941. The first-order chi connectivity index (χ1) is 12.7. The monoisotopic (exact) mass is 376 g/mol. The van der Waals surface area contributed by atoms with Crippen molar-refractivity contribution in [3.63, 3.8) is 0 Å². The fourth-order valence-electron chi connectivity index (χ4n) is 2.47. The Kier molecular flexibility index (Phi) is 4.85. The maximum Gasteiger partial charge on any atom is 0.416 e. The van der Waals surface area contributed by atoms with Gasteiger partial charge in [0.15, 0.2) is 0 Å². The molecule has 3 rings (SSSR count). The summed E-state index contributed by atoms with van der Waals surface area (Å²) in [4.78, 5) is 11.6. The summed E-state index contributed by atoms with van der Waals surface area (Å²) in [5, 5.41) is 9.42. The lowest BCUT2D eigenvalue weighted by molar-refractivity contribution is -0.137. The van der Waals surface area contributed by atoms with Gasteiger partial charge in [-0.05, 0) is 59.7 Å². The molecule has 27 heavy (non-hydrogen) atoms. The Bertz CT molecular complexity index is 979. The SMILES string of the molecule is O=C(O)c1cc(-c2cccc(C(F)(F)F)c2)ccc1Oc1ccc(F)cc1. The van der Waals surface area contributed by atoms with Crippen LogP contribution in [0.3, 0.4) is 0 Å². The molecule has 138 valence electrons. The predicted octanol–water partition coefficient (Wildman–Crippen LogP) is 6.00. The third kappa shape index (κ3) is 4.25. The van der Waals surface area contributed by atoms with E-state index in [-0.39, 0.29) is 22.6 Å². The number of carbonyl (C=O) groups is 1. The summed E-state index contributed by atoms with van der Waals surface area (Å²) in [6.07, 6.45) is -4.50. The van der Waals surface area contributed by atoms with Crippen molar-refractivity contribution in [1.82, 2.24) is 0 Å². The van der Waals surface area contributed by atoms with E-state index < -0.39 is 23.5 Å². The van der Waals surface area contributed by atoms with E-state index in [0.29, 0.717) is 5.56 Å². The summed E-state index contributed by atoms with van der Waals surface area (Å²) < 4.78 is 57.1. The lowest BCUT2D eigenvalue weighted by Crippen LogP contribution is -2.04.